The van der Waals surface area contributed by atoms with Gasteiger partial charge >= 0.3 is 0 Å². The van der Waals surface area contributed by atoms with Gasteiger partial charge in [0.25, 0.3) is 5.56 Å². The van der Waals surface area contributed by atoms with E-state index in [0.717, 1.165) is 11.1 Å². The summed E-state index contributed by atoms with van der Waals surface area (Å²) in [6.07, 6.45) is 0. The van der Waals surface area contributed by atoms with Gasteiger partial charge in [0.1, 0.15) is 5.92 Å². The maximum atomic E-state index is 12.4. The van der Waals surface area contributed by atoms with E-state index in [1.165, 1.54) is 11.3 Å². The van der Waals surface area contributed by atoms with Crippen LogP contribution in [0, 0.1) is 28.6 Å². The minimum Gasteiger partial charge on any atom is -0.297 e. The molecule has 1 aromatic carbocycles. The maximum absolute atomic E-state index is 12.4. The van der Waals surface area contributed by atoms with Crippen molar-refractivity contribution in [2.75, 3.05) is 0 Å². The second-order valence-corrected chi connectivity index (χ2v) is 5.78. The zero-order valence-corrected chi connectivity index (χ0v) is 12.8. The summed E-state index contributed by atoms with van der Waals surface area (Å²) >= 11 is 1.47. The van der Waals surface area contributed by atoms with E-state index < -0.39 is 11.8 Å². The Bertz CT molecular complexity index is 912. The molecule has 112 valence electrons. The summed E-state index contributed by atoms with van der Waals surface area (Å²) in [6, 6.07) is 15.2. The molecule has 1 atom stereocenters. The molecule has 0 fully saturated rings. The molecule has 5 nitrogen and oxygen atoms in total. The van der Waals surface area contributed by atoms with Gasteiger partial charge in [-0.15, -0.1) is 0 Å². The molecule has 0 spiro atoms. The number of rotatable bonds is 4. The van der Waals surface area contributed by atoms with Crippen LogP contribution in [0.2, 0.25) is 0 Å². The average Bonchev–Trinajstić information content (AvgIpc) is 3.24. The summed E-state index contributed by atoms with van der Waals surface area (Å²) in [5.41, 5.74) is 2.35. The van der Waals surface area contributed by atoms with Crippen LogP contribution in [-0.4, -0.2) is 10.2 Å². The predicted molar refractivity (Wildman–Crippen MR) is 87.7 cm³/mol. The molecule has 0 saturated heterocycles. The number of nitrogens with zero attached hydrogens (tertiary/aromatic N) is 2. The highest BCUT2D eigenvalue weighted by molar-refractivity contribution is 7.08. The second-order valence-electron chi connectivity index (χ2n) is 5.00. The summed E-state index contributed by atoms with van der Waals surface area (Å²) < 4.78 is 0. The van der Waals surface area contributed by atoms with Crippen molar-refractivity contribution in [1.82, 2.24) is 10.2 Å². The van der Waals surface area contributed by atoms with Crippen LogP contribution in [0.3, 0.4) is 0 Å². The molecule has 0 aliphatic rings. The highest BCUT2D eigenvalue weighted by Crippen LogP contribution is 2.35. The normalized spacial score (nSPS) is 11.8. The fourth-order valence-electron chi connectivity index (χ4n) is 2.65. The summed E-state index contributed by atoms with van der Waals surface area (Å²) in [5.74, 6) is -1.54. The Morgan fingerprint density at radius 2 is 1.78 bits per heavy atom. The quantitative estimate of drug-likeness (QED) is 0.772. The van der Waals surface area contributed by atoms with Crippen LogP contribution >= 0.6 is 11.3 Å². The Kier molecular flexibility index (Phi) is 4.09. The Balaban J connectivity index is 2.23. The first-order valence-electron chi connectivity index (χ1n) is 6.93. The smallest absolute Gasteiger partial charge is 0.268 e. The third-order valence-electron chi connectivity index (χ3n) is 3.70. The number of hydrogen-bond acceptors (Lipinski definition) is 4. The first-order valence-corrected chi connectivity index (χ1v) is 7.87. The van der Waals surface area contributed by atoms with Crippen molar-refractivity contribution in [2.24, 2.45) is 5.92 Å². The summed E-state index contributed by atoms with van der Waals surface area (Å²) in [7, 11) is 0. The van der Waals surface area contributed by atoms with Gasteiger partial charge in [-0.2, -0.15) is 21.9 Å². The summed E-state index contributed by atoms with van der Waals surface area (Å²) in [5, 5.41) is 27.9. The van der Waals surface area contributed by atoms with Crippen LogP contribution in [0.25, 0.3) is 11.3 Å². The van der Waals surface area contributed by atoms with E-state index in [1.54, 1.807) is 0 Å². The van der Waals surface area contributed by atoms with E-state index in [1.807, 2.05) is 59.3 Å². The van der Waals surface area contributed by atoms with E-state index in [2.05, 4.69) is 10.2 Å². The van der Waals surface area contributed by atoms with Crippen LogP contribution < -0.4 is 5.56 Å². The van der Waals surface area contributed by atoms with E-state index in [9.17, 15) is 15.3 Å². The van der Waals surface area contributed by atoms with E-state index in [4.69, 9.17) is 0 Å². The molecule has 2 heterocycles. The number of nitrogens with one attached hydrogen (secondary N) is 2. The number of H-pyrrole nitrogens is 2. The lowest BCUT2D eigenvalue weighted by atomic mass is 9.82. The first kappa shape index (κ1) is 14.8. The topological polar surface area (TPSA) is 96.2 Å². The average molecular weight is 320 g/mol. The molecule has 3 aromatic rings. The van der Waals surface area contributed by atoms with Crippen LogP contribution in [0.4, 0.5) is 0 Å². The first-order chi connectivity index (χ1) is 11.3. The van der Waals surface area contributed by atoms with Gasteiger partial charge in [-0.25, -0.2) is 0 Å². The molecule has 6 heteroatoms. The lowest BCUT2D eigenvalue weighted by Crippen LogP contribution is -2.18. The molecule has 2 N–H and O–H groups in total. The van der Waals surface area contributed by atoms with Gasteiger partial charge in [-0.1, -0.05) is 30.3 Å². The van der Waals surface area contributed by atoms with Crippen molar-refractivity contribution in [1.29, 1.82) is 10.5 Å². The van der Waals surface area contributed by atoms with E-state index in [0.29, 0.717) is 11.3 Å². The third-order valence-corrected chi connectivity index (χ3v) is 4.40. The van der Waals surface area contributed by atoms with E-state index in [-0.39, 0.29) is 5.56 Å². The van der Waals surface area contributed by atoms with Crippen LogP contribution in [0.15, 0.2) is 52.0 Å². The Labute approximate surface area is 136 Å². The van der Waals surface area contributed by atoms with Gasteiger partial charge in [0, 0.05) is 5.92 Å². The molecule has 0 bridgehead atoms. The minimum atomic E-state index is -0.941. The van der Waals surface area contributed by atoms with Gasteiger partial charge in [0.05, 0.1) is 23.4 Å². The standard InChI is InChI=1S/C17H12N4OS/c18-8-13(9-19)14(12-6-7-23-10-12)15-16(20-21-17(15)22)11-4-2-1-3-5-11/h1-7,10,13-14H,(H2,20,21,22)/t14-/m1/s1. The minimum absolute atomic E-state index is 0.310. The Morgan fingerprint density at radius 1 is 1.04 bits per heavy atom. The van der Waals surface area contributed by atoms with Crippen LogP contribution in [0.5, 0.6) is 0 Å². The predicted octanol–water partition coefficient (Wildman–Crippen LogP) is 3.23. The largest absolute Gasteiger partial charge is 0.297 e. The molecule has 0 amide bonds. The highest BCUT2D eigenvalue weighted by atomic mass is 32.1. The lowest BCUT2D eigenvalue weighted by molar-refractivity contribution is 0.709. The molecular formula is C17H12N4OS. The van der Waals surface area contributed by atoms with Crippen molar-refractivity contribution in [2.45, 2.75) is 5.92 Å². The molecule has 23 heavy (non-hydrogen) atoms. The number of hydrogen-bond donors (Lipinski definition) is 2. The number of benzene rings is 1. The third kappa shape index (κ3) is 2.68. The molecule has 0 aliphatic heterocycles. The molecule has 3 rings (SSSR count). The van der Waals surface area contributed by atoms with Crippen molar-refractivity contribution in [3.05, 3.63) is 68.6 Å². The van der Waals surface area contributed by atoms with E-state index >= 15 is 0 Å². The molecular weight excluding hydrogens is 308 g/mol. The fourth-order valence-corrected chi connectivity index (χ4v) is 3.35. The van der Waals surface area contributed by atoms with Crippen molar-refractivity contribution >= 4 is 11.3 Å². The summed E-state index contributed by atoms with van der Waals surface area (Å²) in [4.78, 5) is 12.4. The van der Waals surface area contributed by atoms with Gasteiger partial charge in [-0.05, 0) is 28.0 Å². The van der Waals surface area contributed by atoms with Gasteiger partial charge in [0.15, 0.2) is 0 Å². The van der Waals surface area contributed by atoms with Crippen LogP contribution in [0.1, 0.15) is 17.0 Å². The second kappa shape index (κ2) is 6.35. The molecule has 0 radical (unpaired) electrons. The van der Waals surface area contributed by atoms with Gasteiger partial charge in [0.2, 0.25) is 0 Å². The Morgan fingerprint density at radius 3 is 2.39 bits per heavy atom. The summed E-state index contributed by atoms with van der Waals surface area (Å²) in [6.45, 7) is 0. The zero-order valence-electron chi connectivity index (χ0n) is 12.0. The van der Waals surface area contributed by atoms with Crippen molar-refractivity contribution < 1.29 is 0 Å². The number of nitriles is 2. The lowest BCUT2D eigenvalue weighted by Gasteiger charge is -2.16. The monoisotopic (exact) mass is 320 g/mol. The highest BCUT2D eigenvalue weighted by Gasteiger charge is 2.31. The van der Waals surface area contributed by atoms with Gasteiger partial charge < -0.3 is 0 Å². The zero-order chi connectivity index (χ0) is 16.2. The van der Waals surface area contributed by atoms with Crippen molar-refractivity contribution in [3.8, 4) is 23.4 Å². The van der Waals surface area contributed by atoms with Gasteiger partial charge in [-0.3, -0.25) is 15.0 Å². The number of aromatic amines is 2. The SMILES string of the molecule is N#CC(C#N)[C@@H](c1ccsc1)c1c(-c2ccccc2)[nH][nH]c1=O. The fraction of sp³-hybridized carbons (Fsp3) is 0.118. The molecule has 0 saturated carbocycles. The maximum Gasteiger partial charge on any atom is 0.268 e. The Hall–Kier alpha value is -3.09. The number of aromatic nitrogens is 2. The number of thiophene rings is 1. The van der Waals surface area contributed by atoms with Crippen LogP contribution in [-0.2, 0) is 0 Å². The molecule has 2 aromatic heterocycles. The van der Waals surface area contributed by atoms with Crippen molar-refractivity contribution in [3.63, 3.8) is 0 Å². The molecule has 0 unspecified atom stereocenters. The molecule has 0 aliphatic carbocycles.